The molecule has 0 aromatic rings. The van der Waals surface area contributed by atoms with Crippen molar-refractivity contribution in [1.29, 1.82) is 0 Å². The van der Waals surface area contributed by atoms with Gasteiger partial charge in [0.25, 0.3) is 0 Å². The molecule has 0 saturated heterocycles. The molecule has 0 aliphatic heterocycles. The molecular formula is C9H19NO5S. The van der Waals surface area contributed by atoms with Gasteiger partial charge >= 0.3 is 5.97 Å². The highest BCUT2D eigenvalue weighted by atomic mass is 32.2. The monoisotopic (exact) mass is 253 g/mol. The van der Waals surface area contributed by atoms with Crippen molar-refractivity contribution < 1.29 is 23.1 Å². The van der Waals surface area contributed by atoms with Crippen LogP contribution in [-0.4, -0.2) is 45.0 Å². The Kier molecular flexibility index (Phi) is 7.27. The average Bonchev–Trinajstić information content (AvgIpc) is 2.15. The second kappa shape index (κ2) is 7.59. The minimum Gasteiger partial charge on any atom is -0.481 e. The molecule has 96 valence electrons. The topological polar surface area (TPSA) is 92.7 Å². The molecule has 0 amide bonds. The van der Waals surface area contributed by atoms with E-state index < -0.39 is 16.0 Å². The Hall–Kier alpha value is -0.660. The van der Waals surface area contributed by atoms with Gasteiger partial charge < -0.3 is 9.84 Å². The molecule has 1 unspecified atom stereocenters. The molecule has 0 radical (unpaired) electrons. The first-order valence-corrected chi connectivity index (χ1v) is 6.77. The summed E-state index contributed by atoms with van der Waals surface area (Å²) in [6.45, 7) is 2.16. The van der Waals surface area contributed by atoms with Gasteiger partial charge in [0.1, 0.15) is 0 Å². The van der Waals surface area contributed by atoms with E-state index in [0.29, 0.717) is 13.0 Å². The summed E-state index contributed by atoms with van der Waals surface area (Å²) in [4.78, 5) is 10.2. The summed E-state index contributed by atoms with van der Waals surface area (Å²) in [5, 5.41) is 8.39. The van der Waals surface area contributed by atoms with E-state index in [-0.39, 0.29) is 24.6 Å². The lowest BCUT2D eigenvalue weighted by molar-refractivity contribution is -0.137. The number of rotatable bonds is 9. The molecule has 0 aliphatic carbocycles. The predicted molar refractivity (Wildman–Crippen MR) is 59.7 cm³/mol. The first-order chi connectivity index (χ1) is 7.41. The van der Waals surface area contributed by atoms with Crippen LogP contribution in [0.1, 0.15) is 26.2 Å². The van der Waals surface area contributed by atoms with Gasteiger partial charge in [-0.1, -0.05) is 6.92 Å². The van der Waals surface area contributed by atoms with E-state index in [0.717, 1.165) is 0 Å². The van der Waals surface area contributed by atoms with E-state index in [2.05, 4.69) is 4.72 Å². The summed E-state index contributed by atoms with van der Waals surface area (Å²) in [5.41, 5.74) is 0. The van der Waals surface area contributed by atoms with Crippen molar-refractivity contribution in [3.63, 3.8) is 0 Å². The molecule has 6 nitrogen and oxygen atoms in total. The molecule has 0 fully saturated rings. The molecule has 1 atom stereocenters. The fraction of sp³-hybridized carbons (Fsp3) is 0.889. The summed E-state index contributed by atoms with van der Waals surface area (Å²) in [6, 6.07) is -0.250. The molecule has 2 N–H and O–H groups in total. The van der Waals surface area contributed by atoms with Gasteiger partial charge in [-0.15, -0.1) is 0 Å². The van der Waals surface area contributed by atoms with Gasteiger partial charge in [-0.25, -0.2) is 13.1 Å². The number of nitrogens with one attached hydrogen (secondary N) is 1. The fourth-order valence-electron chi connectivity index (χ4n) is 1.16. The Bertz CT molecular complexity index is 301. The van der Waals surface area contributed by atoms with Crippen molar-refractivity contribution in [1.82, 2.24) is 4.72 Å². The molecule has 0 bridgehead atoms. The van der Waals surface area contributed by atoms with Gasteiger partial charge in [-0.05, 0) is 12.8 Å². The lowest BCUT2D eigenvalue weighted by Gasteiger charge is -2.15. The molecule has 0 heterocycles. The normalized spacial score (nSPS) is 13.6. The third-order valence-corrected chi connectivity index (χ3v) is 3.53. The number of hydrogen-bond acceptors (Lipinski definition) is 4. The highest BCUT2D eigenvalue weighted by Crippen LogP contribution is 1.99. The lowest BCUT2D eigenvalue weighted by atomic mass is 10.3. The van der Waals surface area contributed by atoms with Crippen LogP contribution < -0.4 is 4.72 Å². The minimum absolute atomic E-state index is 0.119. The van der Waals surface area contributed by atoms with Crippen LogP contribution >= 0.6 is 0 Å². The SMILES string of the molecule is CCC(COC)NS(=O)(=O)CCCC(=O)O. The van der Waals surface area contributed by atoms with Crippen LogP contribution in [0.15, 0.2) is 0 Å². The first-order valence-electron chi connectivity index (χ1n) is 5.12. The standard InChI is InChI=1S/C9H19NO5S/c1-3-8(7-15-2)10-16(13,14)6-4-5-9(11)12/h8,10H,3-7H2,1-2H3,(H,11,12). The highest BCUT2D eigenvalue weighted by Gasteiger charge is 2.16. The van der Waals surface area contributed by atoms with E-state index in [1.165, 1.54) is 7.11 Å². The zero-order chi connectivity index (χ0) is 12.6. The van der Waals surface area contributed by atoms with Crippen LogP contribution in [0.25, 0.3) is 0 Å². The van der Waals surface area contributed by atoms with E-state index in [9.17, 15) is 13.2 Å². The summed E-state index contributed by atoms with van der Waals surface area (Å²) in [7, 11) is -1.90. The smallest absolute Gasteiger partial charge is 0.303 e. The van der Waals surface area contributed by atoms with E-state index in [1.54, 1.807) is 0 Å². The fourth-order valence-corrected chi connectivity index (χ4v) is 2.55. The van der Waals surface area contributed by atoms with Crippen molar-refractivity contribution in [2.45, 2.75) is 32.2 Å². The second-order valence-electron chi connectivity index (χ2n) is 3.49. The molecule has 0 rings (SSSR count). The molecule has 0 aliphatic rings. The van der Waals surface area contributed by atoms with Crippen LogP contribution in [0.3, 0.4) is 0 Å². The van der Waals surface area contributed by atoms with Gasteiger partial charge in [-0.3, -0.25) is 4.79 Å². The molecule has 0 spiro atoms. The zero-order valence-electron chi connectivity index (χ0n) is 9.60. The maximum atomic E-state index is 11.5. The van der Waals surface area contributed by atoms with Crippen LogP contribution in [0.5, 0.6) is 0 Å². The summed E-state index contributed by atoms with van der Waals surface area (Å²) in [6.07, 6.45) is 0.613. The number of ether oxygens (including phenoxy) is 1. The summed E-state index contributed by atoms with van der Waals surface area (Å²) in [5.74, 6) is -1.15. The Labute approximate surface area is 96.0 Å². The number of carboxylic acid groups (broad SMARTS) is 1. The number of aliphatic carboxylic acids is 1. The van der Waals surface area contributed by atoms with Crippen molar-refractivity contribution in [2.24, 2.45) is 0 Å². The third kappa shape index (κ3) is 7.61. The number of sulfonamides is 1. The summed E-state index contributed by atoms with van der Waals surface area (Å²) < 4.78 is 30.3. The molecule has 0 aromatic heterocycles. The number of hydrogen-bond donors (Lipinski definition) is 2. The Morgan fingerprint density at radius 3 is 2.56 bits per heavy atom. The lowest BCUT2D eigenvalue weighted by Crippen LogP contribution is -2.38. The number of carbonyl (C=O) groups is 1. The Morgan fingerprint density at radius 2 is 2.12 bits per heavy atom. The van der Waals surface area contributed by atoms with Gasteiger partial charge in [-0.2, -0.15) is 0 Å². The Morgan fingerprint density at radius 1 is 1.50 bits per heavy atom. The molecule has 7 heteroatoms. The van der Waals surface area contributed by atoms with Crippen LogP contribution in [0, 0.1) is 0 Å². The van der Waals surface area contributed by atoms with Crippen LogP contribution in [0.4, 0.5) is 0 Å². The average molecular weight is 253 g/mol. The number of carboxylic acids is 1. The second-order valence-corrected chi connectivity index (χ2v) is 5.37. The largest absolute Gasteiger partial charge is 0.481 e. The minimum atomic E-state index is -3.40. The molecule has 0 aromatic carbocycles. The van der Waals surface area contributed by atoms with Crippen LogP contribution in [-0.2, 0) is 19.6 Å². The predicted octanol–water partition coefficient (Wildman–Crippen LogP) is 0.196. The van der Waals surface area contributed by atoms with Crippen molar-refractivity contribution in [2.75, 3.05) is 19.5 Å². The third-order valence-electron chi connectivity index (χ3n) is 2.01. The van der Waals surface area contributed by atoms with E-state index in [4.69, 9.17) is 9.84 Å². The molecule has 0 saturated carbocycles. The quantitative estimate of drug-likeness (QED) is 0.612. The van der Waals surface area contributed by atoms with Crippen molar-refractivity contribution >= 4 is 16.0 Å². The van der Waals surface area contributed by atoms with Gasteiger partial charge in [0, 0.05) is 19.6 Å². The number of methoxy groups -OCH3 is 1. The maximum Gasteiger partial charge on any atom is 0.303 e. The van der Waals surface area contributed by atoms with Gasteiger partial charge in [0.15, 0.2) is 0 Å². The van der Waals surface area contributed by atoms with E-state index >= 15 is 0 Å². The highest BCUT2D eigenvalue weighted by molar-refractivity contribution is 7.89. The van der Waals surface area contributed by atoms with Crippen LogP contribution in [0.2, 0.25) is 0 Å². The summed E-state index contributed by atoms with van der Waals surface area (Å²) >= 11 is 0. The van der Waals surface area contributed by atoms with E-state index in [1.807, 2.05) is 6.92 Å². The van der Waals surface area contributed by atoms with Gasteiger partial charge in [0.05, 0.1) is 12.4 Å². The van der Waals surface area contributed by atoms with Crippen molar-refractivity contribution in [3.8, 4) is 0 Å². The maximum absolute atomic E-state index is 11.5. The van der Waals surface area contributed by atoms with Gasteiger partial charge in [0.2, 0.25) is 10.0 Å². The molecule has 16 heavy (non-hydrogen) atoms. The molecular weight excluding hydrogens is 234 g/mol. The van der Waals surface area contributed by atoms with Crippen molar-refractivity contribution in [3.05, 3.63) is 0 Å². The zero-order valence-corrected chi connectivity index (χ0v) is 10.4. The Balaban J connectivity index is 4.07. The first kappa shape index (κ1) is 15.3.